The second kappa shape index (κ2) is 9.59. The van der Waals surface area contributed by atoms with Crippen molar-refractivity contribution in [2.75, 3.05) is 36.4 Å². The number of hydrogen-bond donors (Lipinski definition) is 1. The van der Waals surface area contributed by atoms with E-state index in [1.165, 1.54) is 0 Å². The Morgan fingerprint density at radius 2 is 1.66 bits per heavy atom. The summed E-state index contributed by atoms with van der Waals surface area (Å²) in [5.74, 6) is 0.524. The zero-order valence-electron chi connectivity index (χ0n) is 17.5. The zero-order chi connectivity index (χ0) is 22.7. The number of nitrogens with zero attached hydrogens (tertiary/aromatic N) is 3. The molecular weight excluding hydrogens is 447 g/mol. The molecule has 1 fully saturated rings. The first kappa shape index (κ1) is 22.1. The maximum Gasteiger partial charge on any atom is 0.255 e. The highest BCUT2D eigenvalue weighted by atomic mass is 35.5. The number of pyridine rings is 1. The number of carbonyl (C=O) groups excluding carboxylic acids is 2. The van der Waals surface area contributed by atoms with E-state index in [4.69, 9.17) is 23.2 Å². The number of benzene rings is 2. The largest absolute Gasteiger partial charge is 0.353 e. The summed E-state index contributed by atoms with van der Waals surface area (Å²) in [6, 6.07) is 16.0. The first-order chi connectivity index (χ1) is 15.4. The van der Waals surface area contributed by atoms with Crippen molar-refractivity contribution < 1.29 is 9.59 Å². The summed E-state index contributed by atoms with van der Waals surface area (Å²) in [6.07, 6.45) is 1.65. The number of rotatable bonds is 4. The molecule has 2 aromatic carbocycles. The average Bonchev–Trinajstić information content (AvgIpc) is 2.80. The molecule has 2 amide bonds. The van der Waals surface area contributed by atoms with Crippen LogP contribution in [0.4, 0.5) is 11.5 Å². The molecule has 0 aliphatic carbocycles. The van der Waals surface area contributed by atoms with E-state index in [-0.39, 0.29) is 11.8 Å². The Bertz CT molecular complexity index is 1130. The van der Waals surface area contributed by atoms with Crippen LogP contribution >= 0.6 is 23.2 Å². The van der Waals surface area contributed by atoms with Gasteiger partial charge in [0.15, 0.2) is 0 Å². The van der Waals surface area contributed by atoms with Crippen molar-refractivity contribution in [1.82, 2.24) is 9.88 Å². The molecule has 164 valence electrons. The lowest BCUT2D eigenvalue weighted by Gasteiger charge is -2.35. The van der Waals surface area contributed by atoms with E-state index in [2.05, 4.69) is 15.2 Å². The monoisotopic (exact) mass is 468 g/mol. The molecule has 1 aromatic heterocycles. The molecule has 1 aliphatic rings. The van der Waals surface area contributed by atoms with Crippen LogP contribution in [0.15, 0.2) is 60.8 Å². The first-order valence-corrected chi connectivity index (χ1v) is 11.0. The number of nitrogens with one attached hydrogen (secondary N) is 1. The van der Waals surface area contributed by atoms with Crippen molar-refractivity contribution >= 4 is 46.5 Å². The van der Waals surface area contributed by atoms with E-state index in [1.54, 1.807) is 41.4 Å². The highest BCUT2D eigenvalue weighted by Gasteiger charge is 2.24. The number of piperazine rings is 1. The number of carbonyl (C=O) groups is 2. The third-order valence-corrected chi connectivity index (χ3v) is 5.92. The van der Waals surface area contributed by atoms with Crippen LogP contribution in [0.1, 0.15) is 26.3 Å². The summed E-state index contributed by atoms with van der Waals surface area (Å²) in [5.41, 5.74) is 2.79. The van der Waals surface area contributed by atoms with Gasteiger partial charge in [0.2, 0.25) is 0 Å². The molecule has 0 radical (unpaired) electrons. The van der Waals surface area contributed by atoms with Crippen LogP contribution in [-0.4, -0.2) is 47.9 Å². The van der Waals surface area contributed by atoms with Gasteiger partial charge in [0.25, 0.3) is 11.8 Å². The fourth-order valence-corrected chi connectivity index (χ4v) is 4.02. The van der Waals surface area contributed by atoms with Crippen LogP contribution in [0, 0.1) is 6.92 Å². The van der Waals surface area contributed by atoms with Crippen LogP contribution in [0.2, 0.25) is 10.0 Å². The summed E-state index contributed by atoms with van der Waals surface area (Å²) in [5, 5.41) is 3.72. The van der Waals surface area contributed by atoms with Crippen molar-refractivity contribution in [2.45, 2.75) is 6.92 Å². The molecule has 3 aromatic rings. The molecule has 1 aliphatic heterocycles. The standard InChI is InChI=1S/C24H22Cl2N4O2/c1-16-2-4-17(5-3-16)23(31)28-19-7-9-22(27-15-19)29-10-12-30(13-11-29)24(32)20-8-6-18(25)14-21(20)26/h2-9,14-15H,10-13H2,1H3,(H,28,31). The minimum absolute atomic E-state index is 0.103. The molecule has 0 bridgehead atoms. The van der Waals surface area contributed by atoms with E-state index in [1.807, 2.05) is 31.2 Å². The molecular formula is C24H22Cl2N4O2. The van der Waals surface area contributed by atoms with E-state index >= 15 is 0 Å². The Morgan fingerprint density at radius 3 is 2.28 bits per heavy atom. The smallest absolute Gasteiger partial charge is 0.255 e. The van der Waals surface area contributed by atoms with Crippen LogP contribution in [0.25, 0.3) is 0 Å². The lowest BCUT2D eigenvalue weighted by Crippen LogP contribution is -2.49. The van der Waals surface area contributed by atoms with Crippen molar-refractivity contribution in [3.05, 3.63) is 87.5 Å². The molecule has 32 heavy (non-hydrogen) atoms. The van der Waals surface area contributed by atoms with E-state index in [0.29, 0.717) is 53.0 Å². The normalized spacial score (nSPS) is 13.7. The highest BCUT2D eigenvalue weighted by Crippen LogP contribution is 2.23. The van der Waals surface area contributed by atoms with Crippen LogP contribution < -0.4 is 10.2 Å². The van der Waals surface area contributed by atoms with Gasteiger partial charge in [0.05, 0.1) is 22.5 Å². The predicted molar refractivity (Wildman–Crippen MR) is 128 cm³/mol. The van der Waals surface area contributed by atoms with Gasteiger partial charge >= 0.3 is 0 Å². The molecule has 0 unspecified atom stereocenters. The molecule has 8 heteroatoms. The minimum atomic E-state index is -0.174. The Morgan fingerprint density at radius 1 is 0.938 bits per heavy atom. The third kappa shape index (κ3) is 5.03. The van der Waals surface area contributed by atoms with Crippen molar-refractivity contribution in [2.24, 2.45) is 0 Å². The number of hydrogen-bond acceptors (Lipinski definition) is 4. The molecule has 2 heterocycles. The Hall–Kier alpha value is -3.09. The van der Waals surface area contributed by atoms with E-state index in [9.17, 15) is 9.59 Å². The van der Waals surface area contributed by atoms with Gasteiger partial charge < -0.3 is 15.1 Å². The van der Waals surface area contributed by atoms with Gasteiger partial charge in [-0.25, -0.2) is 4.98 Å². The van der Waals surface area contributed by atoms with Gasteiger partial charge in [0.1, 0.15) is 5.82 Å². The van der Waals surface area contributed by atoms with Crippen LogP contribution in [0.5, 0.6) is 0 Å². The number of aromatic nitrogens is 1. The Balaban J connectivity index is 1.34. The SMILES string of the molecule is Cc1ccc(C(=O)Nc2ccc(N3CCN(C(=O)c4ccc(Cl)cc4Cl)CC3)nc2)cc1. The van der Waals surface area contributed by atoms with Gasteiger partial charge in [-0.1, -0.05) is 40.9 Å². The summed E-state index contributed by atoms with van der Waals surface area (Å²) in [7, 11) is 0. The van der Waals surface area contributed by atoms with E-state index < -0.39 is 0 Å². The predicted octanol–water partition coefficient (Wildman–Crippen LogP) is 4.91. The van der Waals surface area contributed by atoms with Gasteiger partial charge in [-0.2, -0.15) is 0 Å². The molecule has 4 rings (SSSR count). The summed E-state index contributed by atoms with van der Waals surface area (Å²) in [4.78, 5) is 33.5. The molecule has 0 spiro atoms. The van der Waals surface area contributed by atoms with E-state index in [0.717, 1.165) is 11.4 Å². The van der Waals surface area contributed by atoms with Gasteiger partial charge in [-0.3, -0.25) is 9.59 Å². The third-order valence-electron chi connectivity index (χ3n) is 5.37. The summed E-state index contributed by atoms with van der Waals surface area (Å²) >= 11 is 12.1. The second-order valence-electron chi connectivity index (χ2n) is 7.63. The van der Waals surface area contributed by atoms with Crippen molar-refractivity contribution in [3.63, 3.8) is 0 Å². The molecule has 1 saturated heterocycles. The molecule has 6 nitrogen and oxygen atoms in total. The van der Waals surface area contributed by atoms with Crippen molar-refractivity contribution in [1.29, 1.82) is 0 Å². The zero-order valence-corrected chi connectivity index (χ0v) is 19.0. The maximum atomic E-state index is 12.8. The highest BCUT2D eigenvalue weighted by molar-refractivity contribution is 6.36. The Kier molecular flexibility index (Phi) is 6.63. The van der Waals surface area contributed by atoms with Crippen LogP contribution in [-0.2, 0) is 0 Å². The Labute approximate surface area is 196 Å². The number of aryl methyl sites for hydroxylation is 1. The average molecular weight is 469 g/mol. The number of halogens is 2. The lowest BCUT2D eigenvalue weighted by molar-refractivity contribution is 0.0746. The number of anilines is 2. The first-order valence-electron chi connectivity index (χ1n) is 10.2. The fourth-order valence-electron chi connectivity index (χ4n) is 3.53. The second-order valence-corrected chi connectivity index (χ2v) is 8.47. The van der Waals surface area contributed by atoms with Gasteiger partial charge in [-0.05, 0) is 49.4 Å². The summed E-state index contributed by atoms with van der Waals surface area (Å²) in [6.45, 7) is 4.40. The maximum absolute atomic E-state index is 12.8. The topological polar surface area (TPSA) is 65.5 Å². The van der Waals surface area contributed by atoms with Crippen molar-refractivity contribution in [3.8, 4) is 0 Å². The van der Waals surface area contributed by atoms with Gasteiger partial charge in [0, 0.05) is 36.8 Å². The minimum Gasteiger partial charge on any atom is -0.353 e. The fraction of sp³-hybridized carbons (Fsp3) is 0.208. The summed E-state index contributed by atoms with van der Waals surface area (Å²) < 4.78 is 0. The van der Waals surface area contributed by atoms with Gasteiger partial charge in [-0.15, -0.1) is 0 Å². The molecule has 1 N–H and O–H groups in total. The molecule has 0 atom stereocenters. The lowest BCUT2D eigenvalue weighted by atomic mass is 10.1. The quantitative estimate of drug-likeness (QED) is 0.590. The molecule has 0 saturated carbocycles. The number of amides is 2. The van der Waals surface area contributed by atoms with Crippen LogP contribution in [0.3, 0.4) is 0 Å².